The van der Waals surface area contributed by atoms with Crippen LogP contribution in [0.25, 0.3) is 0 Å². The normalized spacial score (nSPS) is 22.7. The Balaban J connectivity index is 2.58. The van der Waals surface area contributed by atoms with Crippen LogP contribution in [0.15, 0.2) is 0 Å². The molecule has 0 aromatic heterocycles. The van der Waals surface area contributed by atoms with Crippen molar-refractivity contribution in [1.29, 1.82) is 0 Å². The molecule has 0 aliphatic carbocycles. The molecule has 1 aliphatic rings. The van der Waals surface area contributed by atoms with Gasteiger partial charge >= 0.3 is 6.18 Å². The summed E-state index contributed by atoms with van der Waals surface area (Å²) < 4.78 is 37.7. The van der Waals surface area contributed by atoms with Crippen molar-refractivity contribution in [3.8, 4) is 0 Å². The zero-order valence-corrected chi connectivity index (χ0v) is 10.6. The molecule has 0 N–H and O–H groups in total. The lowest BCUT2D eigenvalue weighted by molar-refractivity contribution is -0.188. The number of amides is 1. The number of halogens is 3. The minimum absolute atomic E-state index is 0.142. The van der Waals surface area contributed by atoms with Crippen LogP contribution < -0.4 is 0 Å². The molecule has 0 aromatic carbocycles. The molecule has 1 heterocycles. The molecule has 0 spiro atoms. The molecule has 0 radical (unpaired) electrons. The van der Waals surface area contributed by atoms with E-state index in [1.165, 1.54) is 4.90 Å². The van der Waals surface area contributed by atoms with Crippen molar-refractivity contribution in [2.45, 2.75) is 46.2 Å². The van der Waals surface area contributed by atoms with Gasteiger partial charge < -0.3 is 4.90 Å². The molecule has 0 saturated carbocycles. The van der Waals surface area contributed by atoms with Gasteiger partial charge in [-0.15, -0.1) is 0 Å². The van der Waals surface area contributed by atoms with Gasteiger partial charge in [0.1, 0.15) is 0 Å². The van der Waals surface area contributed by atoms with Crippen LogP contribution in [-0.4, -0.2) is 30.1 Å². The zero-order chi connectivity index (χ0) is 13.3. The van der Waals surface area contributed by atoms with Crippen LogP contribution >= 0.6 is 0 Å². The molecule has 100 valence electrons. The maximum absolute atomic E-state index is 12.6. The van der Waals surface area contributed by atoms with Crippen LogP contribution in [-0.2, 0) is 4.79 Å². The van der Waals surface area contributed by atoms with Gasteiger partial charge in [0, 0.05) is 19.5 Å². The number of likely N-dealkylation sites (tertiary alicyclic amines) is 1. The summed E-state index contributed by atoms with van der Waals surface area (Å²) in [6.45, 7) is 6.03. The molecule has 0 bridgehead atoms. The molecule has 17 heavy (non-hydrogen) atoms. The summed E-state index contributed by atoms with van der Waals surface area (Å²) >= 11 is 0. The fourth-order valence-corrected chi connectivity index (χ4v) is 2.04. The molecule has 0 unspecified atom stereocenters. The first-order valence-corrected chi connectivity index (χ1v) is 5.94. The minimum atomic E-state index is -4.18. The van der Waals surface area contributed by atoms with E-state index in [4.69, 9.17) is 0 Å². The van der Waals surface area contributed by atoms with E-state index in [9.17, 15) is 18.0 Å². The lowest BCUT2D eigenvalue weighted by Crippen LogP contribution is -2.45. The van der Waals surface area contributed by atoms with Crippen molar-refractivity contribution in [1.82, 2.24) is 4.90 Å². The van der Waals surface area contributed by atoms with Crippen molar-refractivity contribution in [3.05, 3.63) is 0 Å². The Morgan fingerprint density at radius 3 is 2.35 bits per heavy atom. The van der Waals surface area contributed by atoms with Gasteiger partial charge in [-0.25, -0.2) is 0 Å². The maximum Gasteiger partial charge on any atom is 0.393 e. The van der Waals surface area contributed by atoms with E-state index in [1.54, 1.807) is 0 Å². The van der Waals surface area contributed by atoms with E-state index < -0.39 is 12.1 Å². The summed E-state index contributed by atoms with van der Waals surface area (Å²) in [5, 5.41) is 0. The smallest absolute Gasteiger partial charge is 0.342 e. The van der Waals surface area contributed by atoms with Gasteiger partial charge in [-0.1, -0.05) is 20.8 Å². The van der Waals surface area contributed by atoms with Gasteiger partial charge in [0.15, 0.2) is 0 Å². The Morgan fingerprint density at radius 1 is 1.29 bits per heavy atom. The molecule has 1 rings (SSSR count). The second-order valence-electron chi connectivity index (χ2n) is 5.96. The number of nitrogens with zero attached hydrogens (tertiary/aromatic N) is 1. The fourth-order valence-electron chi connectivity index (χ4n) is 2.04. The summed E-state index contributed by atoms with van der Waals surface area (Å²) in [4.78, 5) is 13.2. The maximum atomic E-state index is 12.6. The predicted molar refractivity (Wildman–Crippen MR) is 59.4 cm³/mol. The van der Waals surface area contributed by atoms with Crippen LogP contribution in [0.4, 0.5) is 13.2 Å². The van der Waals surface area contributed by atoms with E-state index in [0.717, 1.165) is 0 Å². The van der Waals surface area contributed by atoms with E-state index in [-0.39, 0.29) is 24.3 Å². The average Bonchev–Trinajstić information content (AvgIpc) is 2.14. The SMILES string of the molecule is CC(C)(C)CC(=O)N1CCC[C@@H](C(F)(F)F)C1. The molecule has 1 atom stereocenters. The number of alkyl halides is 3. The quantitative estimate of drug-likeness (QED) is 0.700. The highest BCUT2D eigenvalue weighted by Crippen LogP contribution is 2.33. The van der Waals surface area contributed by atoms with Crippen molar-refractivity contribution >= 4 is 5.91 Å². The third-order valence-electron chi connectivity index (χ3n) is 2.92. The van der Waals surface area contributed by atoms with Gasteiger partial charge in [0.05, 0.1) is 5.92 Å². The summed E-state index contributed by atoms with van der Waals surface area (Å²) in [6, 6.07) is 0. The van der Waals surface area contributed by atoms with Gasteiger partial charge in [0.2, 0.25) is 5.91 Å². The number of carbonyl (C=O) groups is 1. The third-order valence-corrected chi connectivity index (χ3v) is 2.92. The highest BCUT2D eigenvalue weighted by Gasteiger charge is 2.42. The Labute approximate surface area is 100 Å². The fraction of sp³-hybridized carbons (Fsp3) is 0.917. The number of carbonyl (C=O) groups excluding carboxylic acids is 1. The molecule has 0 aromatic rings. The first-order valence-electron chi connectivity index (χ1n) is 5.94. The second kappa shape index (κ2) is 4.86. The lowest BCUT2D eigenvalue weighted by atomic mass is 9.90. The van der Waals surface area contributed by atoms with Gasteiger partial charge in [-0.2, -0.15) is 13.2 Å². The third kappa shape index (κ3) is 4.56. The standard InChI is InChI=1S/C12H20F3NO/c1-11(2,3)7-10(17)16-6-4-5-9(8-16)12(13,14)15/h9H,4-8H2,1-3H3/t9-/m1/s1. The van der Waals surface area contributed by atoms with Crippen LogP contribution in [0, 0.1) is 11.3 Å². The number of hydrogen-bond acceptors (Lipinski definition) is 1. The number of piperidine rings is 1. The van der Waals surface area contributed by atoms with E-state index in [2.05, 4.69) is 0 Å². The van der Waals surface area contributed by atoms with Crippen molar-refractivity contribution in [2.75, 3.05) is 13.1 Å². The van der Waals surface area contributed by atoms with Crippen molar-refractivity contribution < 1.29 is 18.0 Å². The van der Waals surface area contributed by atoms with Crippen molar-refractivity contribution in [2.24, 2.45) is 11.3 Å². The number of hydrogen-bond donors (Lipinski definition) is 0. The van der Waals surface area contributed by atoms with E-state index in [1.807, 2.05) is 20.8 Å². The molecular weight excluding hydrogens is 231 g/mol. The van der Waals surface area contributed by atoms with Gasteiger partial charge in [0.25, 0.3) is 0 Å². The van der Waals surface area contributed by atoms with Crippen LogP contribution in [0.2, 0.25) is 0 Å². The molecule has 1 fully saturated rings. The topological polar surface area (TPSA) is 20.3 Å². The van der Waals surface area contributed by atoms with Crippen LogP contribution in [0.3, 0.4) is 0 Å². The van der Waals surface area contributed by atoms with Crippen LogP contribution in [0.1, 0.15) is 40.0 Å². The molecule has 5 heteroatoms. The molecule has 1 amide bonds. The van der Waals surface area contributed by atoms with E-state index in [0.29, 0.717) is 19.4 Å². The Bertz CT molecular complexity index is 280. The summed E-state index contributed by atoms with van der Waals surface area (Å²) in [5.74, 6) is -1.51. The largest absolute Gasteiger partial charge is 0.393 e. The highest BCUT2D eigenvalue weighted by atomic mass is 19.4. The predicted octanol–water partition coefficient (Wildman–Crippen LogP) is 3.22. The Morgan fingerprint density at radius 2 is 1.88 bits per heavy atom. The molecular formula is C12H20F3NO. The minimum Gasteiger partial charge on any atom is -0.342 e. The van der Waals surface area contributed by atoms with Gasteiger partial charge in [-0.3, -0.25) is 4.79 Å². The summed E-state index contributed by atoms with van der Waals surface area (Å²) in [6.07, 6.45) is -3.29. The van der Waals surface area contributed by atoms with Gasteiger partial charge in [-0.05, 0) is 18.3 Å². The zero-order valence-electron chi connectivity index (χ0n) is 10.6. The highest BCUT2D eigenvalue weighted by molar-refractivity contribution is 5.76. The average molecular weight is 251 g/mol. The first kappa shape index (κ1) is 14.3. The number of rotatable bonds is 1. The monoisotopic (exact) mass is 251 g/mol. The molecule has 1 aliphatic heterocycles. The van der Waals surface area contributed by atoms with Crippen LogP contribution in [0.5, 0.6) is 0 Å². The molecule has 2 nitrogen and oxygen atoms in total. The lowest BCUT2D eigenvalue weighted by Gasteiger charge is -2.35. The molecule has 1 saturated heterocycles. The van der Waals surface area contributed by atoms with E-state index >= 15 is 0 Å². The first-order chi connectivity index (χ1) is 7.59. The summed E-state index contributed by atoms with van der Waals surface area (Å²) in [5.41, 5.74) is -0.178. The summed E-state index contributed by atoms with van der Waals surface area (Å²) in [7, 11) is 0. The second-order valence-corrected chi connectivity index (χ2v) is 5.96. The Hall–Kier alpha value is -0.740. The Kier molecular flexibility index (Phi) is 4.10. The van der Waals surface area contributed by atoms with Crippen molar-refractivity contribution in [3.63, 3.8) is 0 Å².